The molecule has 0 bridgehead atoms. The van der Waals surface area contributed by atoms with Crippen molar-refractivity contribution < 1.29 is 9.21 Å². The molecule has 4 nitrogen and oxygen atoms in total. The van der Waals surface area contributed by atoms with Crippen LogP contribution in [-0.2, 0) is 4.79 Å². The van der Waals surface area contributed by atoms with Gasteiger partial charge in [-0.15, -0.1) is 0 Å². The Balaban J connectivity index is 2.01. The molecule has 0 saturated carbocycles. The lowest BCUT2D eigenvalue weighted by atomic mass is 10.2. The van der Waals surface area contributed by atoms with Gasteiger partial charge in [0.1, 0.15) is 5.76 Å². The summed E-state index contributed by atoms with van der Waals surface area (Å²) in [6.45, 7) is 1.91. The number of hydrogen-bond donors (Lipinski definition) is 1. The Kier molecular flexibility index (Phi) is 3.35. The fourth-order valence-corrected chi connectivity index (χ4v) is 1.31. The first-order valence-electron chi connectivity index (χ1n) is 5.19. The maximum absolute atomic E-state index is 11.6. The molecule has 17 heavy (non-hydrogen) atoms. The van der Waals surface area contributed by atoms with Crippen molar-refractivity contribution in [3.8, 4) is 0 Å². The molecule has 0 aliphatic carbocycles. The van der Waals surface area contributed by atoms with Crippen molar-refractivity contribution in [1.29, 1.82) is 0 Å². The second kappa shape index (κ2) is 5.12. The van der Waals surface area contributed by atoms with Gasteiger partial charge in [0.2, 0.25) is 5.91 Å². The molecule has 0 atom stereocenters. The van der Waals surface area contributed by atoms with E-state index in [0.717, 1.165) is 5.56 Å². The molecule has 0 aliphatic rings. The molecule has 86 valence electrons. The molecule has 0 saturated heterocycles. The lowest BCUT2D eigenvalue weighted by Crippen LogP contribution is -2.09. The predicted molar refractivity (Wildman–Crippen MR) is 65.3 cm³/mol. The van der Waals surface area contributed by atoms with Crippen LogP contribution in [0.5, 0.6) is 0 Å². The highest BCUT2D eigenvalue weighted by Crippen LogP contribution is 2.11. The van der Waals surface area contributed by atoms with Crippen LogP contribution in [0.15, 0.2) is 47.3 Å². The van der Waals surface area contributed by atoms with E-state index in [-0.39, 0.29) is 5.91 Å². The monoisotopic (exact) mass is 228 g/mol. The summed E-state index contributed by atoms with van der Waals surface area (Å²) in [6.07, 6.45) is 7.90. The number of amides is 1. The first-order chi connectivity index (χ1) is 8.25. The second-order valence-corrected chi connectivity index (χ2v) is 3.53. The molecule has 4 heteroatoms. The van der Waals surface area contributed by atoms with E-state index in [1.54, 1.807) is 36.9 Å². The van der Waals surface area contributed by atoms with Crippen LogP contribution >= 0.6 is 0 Å². The Morgan fingerprint density at radius 3 is 3.06 bits per heavy atom. The van der Waals surface area contributed by atoms with Gasteiger partial charge in [-0.05, 0) is 36.8 Å². The van der Waals surface area contributed by atoms with Crippen LogP contribution in [0.4, 0.5) is 5.69 Å². The second-order valence-electron chi connectivity index (χ2n) is 3.53. The summed E-state index contributed by atoms with van der Waals surface area (Å²) < 4.78 is 5.08. The molecule has 1 amide bonds. The van der Waals surface area contributed by atoms with Gasteiger partial charge in [-0.25, -0.2) is 0 Å². The third-order valence-electron chi connectivity index (χ3n) is 2.24. The van der Waals surface area contributed by atoms with Gasteiger partial charge in [-0.3, -0.25) is 9.78 Å². The summed E-state index contributed by atoms with van der Waals surface area (Å²) in [5, 5.41) is 2.74. The first kappa shape index (κ1) is 11.1. The van der Waals surface area contributed by atoms with Crippen molar-refractivity contribution in [2.45, 2.75) is 6.92 Å². The highest BCUT2D eigenvalue weighted by Gasteiger charge is 2.01. The number of rotatable bonds is 3. The fourth-order valence-electron chi connectivity index (χ4n) is 1.31. The third kappa shape index (κ3) is 3.04. The van der Waals surface area contributed by atoms with Gasteiger partial charge >= 0.3 is 0 Å². The molecule has 0 radical (unpaired) electrons. The van der Waals surface area contributed by atoms with Gasteiger partial charge in [-0.1, -0.05) is 0 Å². The van der Waals surface area contributed by atoms with E-state index in [1.165, 1.54) is 6.08 Å². The molecular formula is C13H12N2O2. The van der Waals surface area contributed by atoms with Crippen LogP contribution in [0.2, 0.25) is 0 Å². The summed E-state index contributed by atoms with van der Waals surface area (Å²) in [4.78, 5) is 15.5. The zero-order valence-electron chi connectivity index (χ0n) is 9.38. The van der Waals surface area contributed by atoms with Gasteiger partial charge in [0.05, 0.1) is 18.1 Å². The van der Waals surface area contributed by atoms with Gasteiger partial charge < -0.3 is 9.73 Å². The number of pyridine rings is 1. The van der Waals surface area contributed by atoms with E-state index in [1.807, 2.05) is 13.0 Å². The third-order valence-corrected chi connectivity index (χ3v) is 2.24. The number of nitrogens with zero attached hydrogens (tertiary/aromatic N) is 1. The van der Waals surface area contributed by atoms with E-state index in [4.69, 9.17) is 4.42 Å². The van der Waals surface area contributed by atoms with Crippen molar-refractivity contribution in [3.05, 3.63) is 54.3 Å². The van der Waals surface area contributed by atoms with Crippen molar-refractivity contribution in [3.63, 3.8) is 0 Å². The van der Waals surface area contributed by atoms with Crippen LogP contribution in [0.3, 0.4) is 0 Å². The highest BCUT2D eigenvalue weighted by molar-refractivity contribution is 6.02. The predicted octanol–water partition coefficient (Wildman–Crippen LogP) is 2.63. The summed E-state index contributed by atoms with van der Waals surface area (Å²) in [6, 6.07) is 5.38. The van der Waals surface area contributed by atoms with Gasteiger partial charge in [0.25, 0.3) is 0 Å². The van der Waals surface area contributed by atoms with E-state index < -0.39 is 0 Å². The molecule has 1 N–H and O–H groups in total. The van der Waals surface area contributed by atoms with Crippen molar-refractivity contribution in [2.75, 3.05) is 5.32 Å². The molecule has 0 fully saturated rings. The smallest absolute Gasteiger partial charge is 0.248 e. The molecule has 2 aromatic rings. The Labute approximate surface area is 99.0 Å². The number of aryl methyl sites for hydroxylation is 1. The van der Waals surface area contributed by atoms with Crippen molar-refractivity contribution in [2.24, 2.45) is 0 Å². The highest BCUT2D eigenvalue weighted by atomic mass is 16.3. The number of carbonyl (C=O) groups excluding carboxylic acids is 1. The maximum Gasteiger partial charge on any atom is 0.248 e. The Morgan fingerprint density at radius 2 is 2.35 bits per heavy atom. The number of furan rings is 1. The number of nitrogens with one attached hydrogen (secondary N) is 1. The van der Waals surface area contributed by atoms with Crippen LogP contribution in [0.25, 0.3) is 6.08 Å². The average Bonchev–Trinajstić information content (AvgIpc) is 2.82. The largest absolute Gasteiger partial charge is 0.465 e. The molecule has 0 unspecified atom stereocenters. The zero-order valence-corrected chi connectivity index (χ0v) is 9.38. The minimum Gasteiger partial charge on any atom is -0.465 e. The minimum absolute atomic E-state index is 0.211. The van der Waals surface area contributed by atoms with Crippen LogP contribution in [0.1, 0.15) is 11.3 Å². The lowest BCUT2D eigenvalue weighted by Gasteiger charge is -2.04. The van der Waals surface area contributed by atoms with E-state index in [9.17, 15) is 4.79 Å². The van der Waals surface area contributed by atoms with Crippen LogP contribution in [-0.4, -0.2) is 10.9 Å². The summed E-state index contributed by atoms with van der Waals surface area (Å²) in [7, 11) is 0. The van der Waals surface area contributed by atoms with Gasteiger partial charge in [0.15, 0.2) is 0 Å². The lowest BCUT2D eigenvalue weighted by molar-refractivity contribution is -0.111. The zero-order chi connectivity index (χ0) is 12.1. The average molecular weight is 228 g/mol. The van der Waals surface area contributed by atoms with Gasteiger partial charge in [-0.2, -0.15) is 0 Å². The molecule has 0 aliphatic heterocycles. The number of aromatic nitrogens is 1. The van der Waals surface area contributed by atoms with Gasteiger partial charge in [0, 0.05) is 12.3 Å². The number of carbonyl (C=O) groups is 1. The Hall–Kier alpha value is -2.36. The molecule has 2 aromatic heterocycles. The Morgan fingerprint density at radius 1 is 1.47 bits per heavy atom. The summed E-state index contributed by atoms with van der Waals surface area (Å²) in [5.41, 5.74) is 1.68. The van der Waals surface area contributed by atoms with Crippen molar-refractivity contribution in [1.82, 2.24) is 4.98 Å². The topological polar surface area (TPSA) is 55.1 Å². The molecule has 2 rings (SSSR count). The normalized spacial score (nSPS) is 10.6. The quantitative estimate of drug-likeness (QED) is 0.821. The fraction of sp³-hybridized carbons (Fsp3) is 0.0769. The Bertz CT molecular complexity index is 530. The molecule has 2 heterocycles. The summed E-state index contributed by atoms with van der Waals surface area (Å²) in [5.74, 6) is 0.431. The SMILES string of the molecule is Cc1ccncc1NC(=O)C=Cc1ccco1. The number of hydrogen-bond acceptors (Lipinski definition) is 3. The van der Waals surface area contributed by atoms with E-state index in [0.29, 0.717) is 11.4 Å². The van der Waals surface area contributed by atoms with E-state index >= 15 is 0 Å². The van der Waals surface area contributed by atoms with Crippen molar-refractivity contribution >= 4 is 17.7 Å². The molecule has 0 aromatic carbocycles. The summed E-state index contributed by atoms with van der Waals surface area (Å²) >= 11 is 0. The van der Waals surface area contributed by atoms with Crippen LogP contribution in [0, 0.1) is 6.92 Å². The van der Waals surface area contributed by atoms with Crippen LogP contribution < -0.4 is 5.32 Å². The molecule has 0 spiro atoms. The molecular weight excluding hydrogens is 216 g/mol. The van der Waals surface area contributed by atoms with E-state index in [2.05, 4.69) is 10.3 Å². The standard InChI is InChI=1S/C13H12N2O2/c1-10-6-7-14-9-12(10)15-13(16)5-4-11-3-2-8-17-11/h2-9H,1H3,(H,15,16). The number of anilines is 1. The minimum atomic E-state index is -0.211. The maximum atomic E-state index is 11.6. The first-order valence-corrected chi connectivity index (χ1v) is 5.19.